The number of nitrogens with zero attached hydrogens (tertiary/aromatic N) is 3. The van der Waals surface area contributed by atoms with E-state index in [1.54, 1.807) is 19.3 Å². The predicted octanol–water partition coefficient (Wildman–Crippen LogP) is 5.67. The third-order valence-electron chi connectivity index (χ3n) is 7.04. The second-order valence-electron chi connectivity index (χ2n) is 9.81. The Balaban J connectivity index is 1.49. The summed E-state index contributed by atoms with van der Waals surface area (Å²) in [4.78, 5) is 31.6. The van der Waals surface area contributed by atoms with Crippen LogP contribution in [0.5, 0.6) is 0 Å². The first-order valence-electron chi connectivity index (χ1n) is 13.1. The lowest BCUT2D eigenvalue weighted by Crippen LogP contribution is -2.48. The van der Waals surface area contributed by atoms with Crippen molar-refractivity contribution in [2.45, 2.75) is 25.8 Å². The number of amides is 2. The number of hydrogen-bond acceptors (Lipinski definition) is 4. The average molecular weight is 530 g/mol. The highest BCUT2D eigenvalue weighted by Crippen LogP contribution is 2.30. The fourth-order valence-electron chi connectivity index (χ4n) is 5.11. The van der Waals surface area contributed by atoms with Crippen molar-refractivity contribution >= 4 is 17.5 Å². The molecule has 0 radical (unpaired) electrons. The van der Waals surface area contributed by atoms with Crippen LogP contribution in [0.1, 0.15) is 38.7 Å². The van der Waals surface area contributed by atoms with Crippen LogP contribution < -0.4 is 10.6 Å². The number of aromatic nitrogens is 3. The standard InChI is InChI=1S/C33H31N5O2/c1-22-20-34-21-23(2)29(22)26-14-16-27(17-15-26)36-33(40)31(37-32(39)28-18-19-35-38(28)3)30(24-10-6-4-7-11-24)25-12-8-5-9-13-25/h4-21,30-31H,1-3H3,(H,36,40)(H,37,39)/t31-/m0/s1. The summed E-state index contributed by atoms with van der Waals surface area (Å²) in [5, 5.41) is 10.2. The molecule has 40 heavy (non-hydrogen) atoms. The summed E-state index contributed by atoms with van der Waals surface area (Å²) in [7, 11) is 1.70. The number of nitrogens with one attached hydrogen (secondary N) is 2. The predicted molar refractivity (Wildman–Crippen MR) is 157 cm³/mol. The number of hydrogen-bond donors (Lipinski definition) is 2. The van der Waals surface area contributed by atoms with E-state index in [9.17, 15) is 9.59 Å². The van der Waals surface area contributed by atoms with Crippen LogP contribution in [0.25, 0.3) is 11.1 Å². The summed E-state index contributed by atoms with van der Waals surface area (Å²) in [6.45, 7) is 4.07. The molecule has 2 N–H and O–H groups in total. The van der Waals surface area contributed by atoms with Gasteiger partial charge in [0, 0.05) is 37.2 Å². The first kappa shape index (κ1) is 26.6. The quantitative estimate of drug-likeness (QED) is 0.271. The zero-order valence-electron chi connectivity index (χ0n) is 22.7. The molecule has 0 aliphatic carbocycles. The van der Waals surface area contributed by atoms with Gasteiger partial charge in [-0.05, 0) is 65.4 Å². The molecular weight excluding hydrogens is 498 g/mol. The van der Waals surface area contributed by atoms with Crippen LogP contribution in [-0.4, -0.2) is 32.6 Å². The zero-order chi connectivity index (χ0) is 28.1. The van der Waals surface area contributed by atoms with Gasteiger partial charge < -0.3 is 10.6 Å². The zero-order valence-corrected chi connectivity index (χ0v) is 22.7. The van der Waals surface area contributed by atoms with E-state index >= 15 is 0 Å². The molecule has 0 bridgehead atoms. The van der Waals surface area contributed by atoms with Gasteiger partial charge in [0.05, 0.1) is 0 Å². The molecule has 0 saturated carbocycles. The Bertz CT molecular complexity index is 1550. The molecule has 2 amide bonds. The van der Waals surface area contributed by atoms with Gasteiger partial charge in [-0.3, -0.25) is 19.3 Å². The molecule has 3 aromatic carbocycles. The van der Waals surface area contributed by atoms with Gasteiger partial charge >= 0.3 is 0 Å². The Morgan fingerprint density at radius 3 is 1.88 bits per heavy atom. The molecule has 7 nitrogen and oxygen atoms in total. The number of carbonyl (C=O) groups is 2. The monoisotopic (exact) mass is 529 g/mol. The maximum absolute atomic E-state index is 14.0. The molecule has 1 atom stereocenters. The largest absolute Gasteiger partial charge is 0.338 e. The van der Waals surface area contributed by atoms with E-state index in [1.165, 1.54) is 4.68 Å². The van der Waals surface area contributed by atoms with E-state index in [4.69, 9.17) is 0 Å². The number of pyridine rings is 1. The van der Waals surface area contributed by atoms with Crippen molar-refractivity contribution in [1.29, 1.82) is 0 Å². The maximum atomic E-state index is 14.0. The minimum Gasteiger partial charge on any atom is -0.338 e. The van der Waals surface area contributed by atoms with Crippen LogP contribution in [0, 0.1) is 13.8 Å². The number of carbonyl (C=O) groups excluding carboxylic acids is 2. The molecule has 0 fully saturated rings. The lowest BCUT2D eigenvalue weighted by atomic mass is 9.84. The van der Waals surface area contributed by atoms with Gasteiger partial charge in [-0.1, -0.05) is 72.8 Å². The molecule has 0 aliphatic heterocycles. The normalized spacial score (nSPS) is 11.7. The van der Waals surface area contributed by atoms with Crippen molar-refractivity contribution in [3.8, 4) is 11.1 Å². The van der Waals surface area contributed by atoms with E-state index in [0.717, 1.165) is 33.4 Å². The molecule has 0 spiro atoms. The average Bonchev–Trinajstić information content (AvgIpc) is 3.40. The van der Waals surface area contributed by atoms with Gasteiger partial charge in [-0.2, -0.15) is 5.10 Å². The number of rotatable bonds is 8. The minimum atomic E-state index is -0.906. The summed E-state index contributed by atoms with van der Waals surface area (Å²) in [6, 6.07) is 28.0. The van der Waals surface area contributed by atoms with Gasteiger partial charge in [-0.25, -0.2) is 0 Å². The van der Waals surface area contributed by atoms with E-state index in [1.807, 2.05) is 111 Å². The van der Waals surface area contributed by atoms with Crippen molar-refractivity contribution < 1.29 is 9.59 Å². The first-order chi connectivity index (χ1) is 19.4. The fourth-order valence-corrected chi connectivity index (χ4v) is 5.11. The fraction of sp³-hybridized carbons (Fsp3) is 0.152. The van der Waals surface area contributed by atoms with E-state index in [0.29, 0.717) is 11.4 Å². The summed E-state index contributed by atoms with van der Waals surface area (Å²) in [5.41, 5.74) is 7.18. The van der Waals surface area contributed by atoms with Crippen molar-refractivity contribution in [2.75, 3.05) is 5.32 Å². The van der Waals surface area contributed by atoms with Crippen LogP contribution in [-0.2, 0) is 11.8 Å². The highest BCUT2D eigenvalue weighted by Gasteiger charge is 2.33. The number of benzene rings is 3. The third kappa shape index (κ3) is 5.68. The topological polar surface area (TPSA) is 88.9 Å². The molecule has 0 aliphatic rings. The third-order valence-corrected chi connectivity index (χ3v) is 7.04. The van der Waals surface area contributed by atoms with Gasteiger partial charge in [-0.15, -0.1) is 0 Å². The highest BCUT2D eigenvalue weighted by molar-refractivity contribution is 6.01. The van der Waals surface area contributed by atoms with E-state index < -0.39 is 12.0 Å². The van der Waals surface area contributed by atoms with Gasteiger partial charge in [0.2, 0.25) is 5.91 Å². The number of anilines is 1. The minimum absolute atomic E-state index is 0.322. The van der Waals surface area contributed by atoms with Crippen LogP contribution >= 0.6 is 0 Å². The molecule has 5 rings (SSSR count). The Hall–Kier alpha value is -5.04. The molecule has 200 valence electrons. The van der Waals surface area contributed by atoms with E-state index in [-0.39, 0.29) is 11.8 Å². The van der Waals surface area contributed by atoms with Gasteiger partial charge in [0.1, 0.15) is 11.7 Å². The molecule has 0 unspecified atom stereocenters. The lowest BCUT2D eigenvalue weighted by molar-refractivity contribution is -0.118. The van der Waals surface area contributed by atoms with Crippen LogP contribution in [0.15, 0.2) is 110 Å². The van der Waals surface area contributed by atoms with Crippen molar-refractivity contribution in [2.24, 2.45) is 7.05 Å². The molecule has 2 heterocycles. The Morgan fingerprint density at radius 2 is 1.35 bits per heavy atom. The SMILES string of the molecule is Cc1cncc(C)c1-c1ccc(NC(=O)[C@@H](NC(=O)c2ccnn2C)C(c2ccccc2)c2ccccc2)cc1. The smallest absolute Gasteiger partial charge is 0.270 e. The van der Waals surface area contributed by atoms with Crippen LogP contribution in [0.3, 0.4) is 0 Å². The second kappa shape index (κ2) is 11.8. The summed E-state index contributed by atoms with van der Waals surface area (Å²) < 4.78 is 1.49. The van der Waals surface area contributed by atoms with Crippen LogP contribution in [0.2, 0.25) is 0 Å². The molecular formula is C33H31N5O2. The number of aryl methyl sites for hydroxylation is 3. The Kier molecular flexibility index (Phi) is 7.82. The highest BCUT2D eigenvalue weighted by atomic mass is 16.2. The maximum Gasteiger partial charge on any atom is 0.270 e. The molecule has 5 aromatic rings. The molecule has 2 aromatic heterocycles. The van der Waals surface area contributed by atoms with Crippen LogP contribution in [0.4, 0.5) is 5.69 Å². The molecule has 7 heteroatoms. The van der Waals surface area contributed by atoms with Crippen molar-refractivity contribution in [3.63, 3.8) is 0 Å². The first-order valence-corrected chi connectivity index (χ1v) is 13.1. The van der Waals surface area contributed by atoms with Gasteiger partial charge in [0.25, 0.3) is 5.91 Å². The Labute approximate surface area is 233 Å². The van der Waals surface area contributed by atoms with Crippen molar-refractivity contribution in [1.82, 2.24) is 20.1 Å². The van der Waals surface area contributed by atoms with Gasteiger partial charge in [0.15, 0.2) is 0 Å². The second-order valence-corrected chi connectivity index (χ2v) is 9.81. The van der Waals surface area contributed by atoms with Crippen molar-refractivity contribution in [3.05, 3.63) is 138 Å². The lowest BCUT2D eigenvalue weighted by Gasteiger charge is -2.28. The Morgan fingerprint density at radius 1 is 0.775 bits per heavy atom. The summed E-state index contributed by atoms with van der Waals surface area (Å²) >= 11 is 0. The summed E-state index contributed by atoms with van der Waals surface area (Å²) in [6.07, 6.45) is 5.26. The summed E-state index contributed by atoms with van der Waals surface area (Å²) in [5.74, 6) is -1.13. The molecule has 0 saturated heterocycles. The van der Waals surface area contributed by atoms with E-state index in [2.05, 4.69) is 20.7 Å².